The smallest absolute Gasteiger partial charge is 0.124 e. The van der Waals surface area contributed by atoms with Crippen molar-refractivity contribution < 1.29 is 4.74 Å². The summed E-state index contributed by atoms with van der Waals surface area (Å²) in [5.74, 6) is 1.48. The lowest BCUT2D eigenvalue weighted by atomic mass is 9.60. The molecule has 0 bridgehead atoms. The monoisotopic (exact) mass is 289 g/mol. The van der Waals surface area contributed by atoms with Gasteiger partial charge in [-0.05, 0) is 36.7 Å². The number of benzene rings is 1. The number of hydrogen-bond donors (Lipinski definition) is 1. The van der Waals surface area contributed by atoms with Gasteiger partial charge in [-0.15, -0.1) is 0 Å². The van der Waals surface area contributed by atoms with Crippen LogP contribution in [-0.2, 0) is 5.54 Å². The second-order valence-corrected chi connectivity index (χ2v) is 7.55. The van der Waals surface area contributed by atoms with E-state index in [9.17, 15) is 0 Å². The van der Waals surface area contributed by atoms with Crippen molar-refractivity contribution >= 4 is 0 Å². The summed E-state index contributed by atoms with van der Waals surface area (Å²) in [6.45, 7) is 9.85. The van der Waals surface area contributed by atoms with Crippen molar-refractivity contribution in [3.05, 3.63) is 29.8 Å². The zero-order valence-electron chi connectivity index (χ0n) is 14.1. The molecule has 1 aliphatic rings. The SMILES string of the molecule is CCCOc1ccccc1C1(N)CCCCC1C(C)(C)C. The van der Waals surface area contributed by atoms with Crippen LogP contribution < -0.4 is 10.5 Å². The van der Waals surface area contributed by atoms with Crippen LogP contribution in [0, 0.1) is 11.3 Å². The summed E-state index contributed by atoms with van der Waals surface area (Å²) in [6, 6.07) is 8.40. The van der Waals surface area contributed by atoms with Gasteiger partial charge in [0.15, 0.2) is 0 Å². The molecule has 2 N–H and O–H groups in total. The van der Waals surface area contributed by atoms with E-state index in [2.05, 4.69) is 45.9 Å². The summed E-state index contributed by atoms with van der Waals surface area (Å²) in [5, 5.41) is 0. The van der Waals surface area contributed by atoms with Crippen molar-refractivity contribution in [1.29, 1.82) is 0 Å². The predicted molar refractivity (Wildman–Crippen MR) is 89.5 cm³/mol. The Kier molecular flexibility index (Phi) is 4.98. The van der Waals surface area contributed by atoms with Crippen LogP contribution in [-0.4, -0.2) is 6.61 Å². The van der Waals surface area contributed by atoms with Crippen LogP contribution in [0.3, 0.4) is 0 Å². The molecule has 1 aromatic rings. The summed E-state index contributed by atoms with van der Waals surface area (Å²) >= 11 is 0. The first-order valence-corrected chi connectivity index (χ1v) is 8.41. The van der Waals surface area contributed by atoms with Crippen molar-refractivity contribution in [3.63, 3.8) is 0 Å². The van der Waals surface area contributed by atoms with Crippen LogP contribution in [0.15, 0.2) is 24.3 Å². The third-order valence-electron chi connectivity index (χ3n) is 4.85. The lowest BCUT2D eigenvalue weighted by Gasteiger charge is -2.48. The largest absolute Gasteiger partial charge is 0.493 e. The second-order valence-electron chi connectivity index (χ2n) is 7.55. The van der Waals surface area contributed by atoms with Gasteiger partial charge in [-0.2, -0.15) is 0 Å². The van der Waals surface area contributed by atoms with E-state index in [0.29, 0.717) is 5.92 Å². The van der Waals surface area contributed by atoms with Crippen LogP contribution in [0.4, 0.5) is 0 Å². The maximum Gasteiger partial charge on any atom is 0.124 e. The topological polar surface area (TPSA) is 35.2 Å². The summed E-state index contributed by atoms with van der Waals surface area (Å²) in [5.41, 5.74) is 8.16. The Morgan fingerprint density at radius 1 is 1.24 bits per heavy atom. The molecular weight excluding hydrogens is 258 g/mol. The van der Waals surface area contributed by atoms with Crippen molar-refractivity contribution in [1.82, 2.24) is 0 Å². The summed E-state index contributed by atoms with van der Waals surface area (Å²) in [6.07, 6.45) is 5.79. The molecule has 118 valence electrons. The number of rotatable bonds is 4. The average Bonchev–Trinajstić information content (AvgIpc) is 2.44. The fraction of sp³-hybridized carbons (Fsp3) is 0.684. The predicted octanol–water partition coefficient (Wildman–Crippen LogP) is 4.87. The van der Waals surface area contributed by atoms with Crippen LogP contribution in [0.1, 0.15) is 65.4 Å². The number of nitrogens with two attached hydrogens (primary N) is 1. The van der Waals surface area contributed by atoms with Gasteiger partial charge in [0.1, 0.15) is 5.75 Å². The van der Waals surface area contributed by atoms with Crippen LogP contribution in [0.2, 0.25) is 0 Å². The molecule has 2 unspecified atom stereocenters. The highest BCUT2D eigenvalue weighted by Crippen LogP contribution is 2.50. The van der Waals surface area contributed by atoms with Gasteiger partial charge in [0.25, 0.3) is 0 Å². The zero-order valence-corrected chi connectivity index (χ0v) is 14.1. The number of hydrogen-bond acceptors (Lipinski definition) is 2. The Morgan fingerprint density at radius 3 is 2.62 bits per heavy atom. The molecule has 2 nitrogen and oxygen atoms in total. The van der Waals surface area contributed by atoms with Crippen molar-refractivity contribution in [2.45, 2.75) is 65.3 Å². The standard InChI is InChI=1S/C19H31NO/c1-5-14-21-16-11-7-6-10-15(16)19(20)13-9-8-12-17(19)18(2,3)4/h6-7,10-11,17H,5,8-9,12-14,20H2,1-4H3. The van der Waals surface area contributed by atoms with Crippen LogP contribution in [0.5, 0.6) is 5.75 Å². The maximum atomic E-state index is 7.00. The fourth-order valence-corrected chi connectivity index (χ4v) is 3.91. The normalized spacial score (nSPS) is 26.6. The highest BCUT2D eigenvalue weighted by atomic mass is 16.5. The van der Waals surface area contributed by atoms with E-state index in [1.165, 1.54) is 24.8 Å². The van der Waals surface area contributed by atoms with E-state index in [1.54, 1.807) is 0 Å². The summed E-state index contributed by atoms with van der Waals surface area (Å²) in [4.78, 5) is 0. The zero-order chi connectivity index (χ0) is 15.5. The summed E-state index contributed by atoms with van der Waals surface area (Å²) in [7, 11) is 0. The van der Waals surface area contributed by atoms with E-state index in [-0.39, 0.29) is 11.0 Å². The lowest BCUT2D eigenvalue weighted by Crippen LogP contribution is -2.51. The highest BCUT2D eigenvalue weighted by Gasteiger charge is 2.45. The molecular formula is C19H31NO. The first-order valence-electron chi connectivity index (χ1n) is 8.41. The Balaban J connectivity index is 2.41. The molecule has 0 radical (unpaired) electrons. The Bertz CT molecular complexity index is 463. The molecule has 2 heteroatoms. The van der Waals surface area contributed by atoms with Crippen molar-refractivity contribution in [2.75, 3.05) is 6.61 Å². The molecule has 21 heavy (non-hydrogen) atoms. The Morgan fingerprint density at radius 2 is 1.95 bits per heavy atom. The molecule has 0 saturated heterocycles. The van der Waals surface area contributed by atoms with E-state index in [0.717, 1.165) is 25.2 Å². The Labute approximate surface area is 130 Å². The Hall–Kier alpha value is -1.02. The molecule has 0 spiro atoms. The highest BCUT2D eigenvalue weighted by molar-refractivity contribution is 5.40. The third-order valence-corrected chi connectivity index (χ3v) is 4.85. The molecule has 1 aliphatic carbocycles. The quantitative estimate of drug-likeness (QED) is 0.858. The third kappa shape index (κ3) is 3.42. The summed E-state index contributed by atoms with van der Waals surface area (Å²) < 4.78 is 5.99. The van der Waals surface area contributed by atoms with E-state index >= 15 is 0 Å². The van der Waals surface area contributed by atoms with Gasteiger partial charge in [-0.1, -0.05) is 58.7 Å². The van der Waals surface area contributed by atoms with Gasteiger partial charge in [0.2, 0.25) is 0 Å². The van der Waals surface area contributed by atoms with Gasteiger partial charge in [0, 0.05) is 11.1 Å². The minimum Gasteiger partial charge on any atom is -0.493 e. The van der Waals surface area contributed by atoms with Crippen molar-refractivity contribution in [3.8, 4) is 5.75 Å². The average molecular weight is 289 g/mol. The van der Waals surface area contributed by atoms with E-state index < -0.39 is 0 Å². The number of ether oxygens (including phenoxy) is 1. The van der Waals surface area contributed by atoms with Crippen molar-refractivity contribution in [2.24, 2.45) is 17.1 Å². The molecule has 0 heterocycles. The molecule has 2 rings (SSSR count). The minimum absolute atomic E-state index is 0.215. The first-order chi connectivity index (χ1) is 9.89. The van der Waals surface area contributed by atoms with Gasteiger partial charge in [0.05, 0.1) is 6.61 Å². The molecule has 0 aromatic heterocycles. The van der Waals surface area contributed by atoms with Gasteiger partial charge in [-0.25, -0.2) is 0 Å². The molecule has 2 atom stereocenters. The maximum absolute atomic E-state index is 7.00. The van der Waals surface area contributed by atoms with Gasteiger partial charge < -0.3 is 10.5 Å². The molecule has 0 aliphatic heterocycles. The molecule has 1 aromatic carbocycles. The first kappa shape index (κ1) is 16.4. The van der Waals surface area contributed by atoms with E-state index in [1.807, 2.05) is 6.07 Å². The minimum atomic E-state index is -0.263. The lowest BCUT2D eigenvalue weighted by molar-refractivity contribution is 0.0753. The number of para-hydroxylation sites is 1. The molecule has 1 saturated carbocycles. The molecule has 1 fully saturated rings. The van der Waals surface area contributed by atoms with Gasteiger partial charge in [-0.3, -0.25) is 0 Å². The second kappa shape index (κ2) is 6.39. The van der Waals surface area contributed by atoms with Gasteiger partial charge >= 0.3 is 0 Å². The van der Waals surface area contributed by atoms with Crippen LogP contribution in [0.25, 0.3) is 0 Å². The van der Waals surface area contributed by atoms with E-state index in [4.69, 9.17) is 10.5 Å². The molecule has 0 amide bonds. The fourth-order valence-electron chi connectivity index (χ4n) is 3.91. The van der Waals surface area contributed by atoms with Crippen LogP contribution >= 0.6 is 0 Å².